The predicted octanol–water partition coefficient (Wildman–Crippen LogP) is 2.15. The van der Waals surface area contributed by atoms with Crippen LogP contribution in [0.25, 0.3) is 22.6 Å². The van der Waals surface area contributed by atoms with Crippen molar-refractivity contribution in [2.24, 2.45) is 7.05 Å². The maximum absolute atomic E-state index is 11.9. The minimum atomic E-state index is -0.169. The second-order valence-electron chi connectivity index (χ2n) is 4.65. The maximum Gasteiger partial charge on any atom is 0.251 e. The molecule has 2 heterocycles. The lowest BCUT2D eigenvalue weighted by Gasteiger charge is -2.03. The number of hydrogen-bond acceptors (Lipinski definition) is 3. The number of benzene rings is 1. The first kappa shape index (κ1) is 12.3. The molecular formula is C15H14N4O. The molecule has 0 aliphatic rings. The minimum absolute atomic E-state index is 0.169. The van der Waals surface area contributed by atoms with Gasteiger partial charge in [-0.1, -0.05) is 30.3 Å². The van der Waals surface area contributed by atoms with Crippen LogP contribution in [0.5, 0.6) is 0 Å². The van der Waals surface area contributed by atoms with Gasteiger partial charge in [-0.3, -0.25) is 9.48 Å². The summed E-state index contributed by atoms with van der Waals surface area (Å²) in [5.74, 6) is 0.543. The van der Waals surface area contributed by atoms with Gasteiger partial charge in [-0.2, -0.15) is 5.10 Å². The van der Waals surface area contributed by atoms with Gasteiger partial charge in [0.15, 0.2) is 0 Å². The Morgan fingerprint density at radius 2 is 1.95 bits per heavy atom. The quantitative estimate of drug-likeness (QED) is 0.773. The van der Waals surface area contributed by atoms with E-state index in [1.165, 1.54) is 6.07 Å². The highest BCUT2D eigenvalue weighted by molar-refractivity contribution is 5.63. The van der Waals surface area contributed by atoms with Crippen LogP contribution in [0, 0.1) is 6.92 Å². The fraction of sp³-hybridized carbons (Fsp3) is 0.133. The van der Waals surface area contributed by atoms with E-state index in [-0.39, 0.29) is 5.56 Å². The third kappa shape index (κ3) is 2.25. The van der Waals surface area contributed by atoms with Crippen molar-refractivity contribution in [3.63, 3.8) is 0 Å². The molecule has 0 spiro atoms. The molecule has 0 aliphatic heterocycles. The molecule has 20 heavy (non-hydrogen) atoms. The highest BCUT2D eigenvalue weighted by Gasteiger charge is 2.10. The van der Waals surface area contributed by atoms with Crippen LogP contribution in [0.1, 0.15) is 5.69 Å². The third-order valence-corrected chi connectivity index (χ3v) is 3.08. The Labute approximate surface area is 115 Å². The predicted molar refractivity (Wildman–Crippen MR) is 77.2 cm³/mol. The zero-order chi connectivity index (χ0) is 14.1. The van der Waals surface area contributed by atoms with Crippen LogP contribution >= 0.6 is 0 Å². The van der Waals surface area contributed by atoms with Crippen molar-refractivity contribution in [3.8, 4) is 22.6 Å². The Kier molecular flexibility index (Phi) is 2.95. The van der Waals surface area contributed by atoms with Gasteiger partial charge in [-0.25, -0.2) is 4.98 Å². The third-order valence-electron chi connectivity index (χ3n) is 3.08. The molecule has 0 aliphatic carbocycles. The van der Waals surface area contributed by atoms with Gasteiger partial charge in [0.1, 0.15) is 5.82 Å². The van der Waals surface area contributed by atoms with E-state index < -0.39 is 0 Å². The van der Waals surface area contributed by atoms with E-state index in [1.54, 1.807) is 4.68 Å². The van der Waals surface area contributed by atoms with Crippen molar-refractivity contribution in [3.05, 3.63) is 58.6 Å². The summed E-state index contributed by atoms with van der Waals surface area (Å²) < 4.78 is 1.71. The molecule has 0 saturated heterocycles. The van der Waals surface area contributed by atoms with Crippen molar-refractivity contribution < 1.29 is 0 Å². The fourth-order valence-electron chi connectivity index (χ4n) is 2.17. The van der Waals surface area contributed by atoms with Crippen molar-refractivity contribution in [1.29, 1.82) is 0 Å². The Balaban J connectivity index is 2.17. The lowest BCUT2D eigenvalue weighted by molar-refractivity contribution is 0.756. The molecule has 3 rings (SSSR count). The van der Waals surface area contributed by atoms with E-state index in [2.05, 4.69) is 15.1 Å². The fourth-order valence-corrected chi connectivity index (χ4v) is 2.17. The first-order valence-corrected chi connectivity index (χ1v) is 6.31. The molecule has 0 atom stereocenters. The summed E-state index contributed by atoms with van der Waals surface area (Å²) in [7, 11) is 1.84. The molecule has 5 nitrogen and oxygen atoms in total. The van der Waals surface area contributed by atoms with Gasteiger partial charge >= 0.3 is 0 Å². The Morgan fingerprint density at radius 1 is 1.20 bits per heavy atom. The zero-order valence-corrected chi connectivity index (χ0v) is 11.3. The van der Waals surface area contributed by atoms with E-state index in [9.17, 15) is 4.79 Å². The number of hydrogen-bond donors (Lipinski definition) is 1. The van der Waals surface area contributed by atoms with E-state index >= 15 is 0 Å². The monoisotopic (exact) mass is 266 g/mol. The van der Waals surface area contributed by atoms with Crippen LogP contribution in [-0.4, -0.2) is 19.7 Å². The molecule has 2 aromatic heterocycles. The lowest BCUT2D eigenvalue weighted by Crippen LogP contribution is -2.08. The summed E-state index contributed by atoms with van der Waals surface area (Å²) in [6, 6.07) is 11.1. The number of nitrogens with one attached hydrogen (secondary N) is 1. The smallest absolute Gasteiger partial charge is 0.251 e. The molecule has 0 fully saturated rings. The zero-order valence-electron chi connectivity index (χ0n) is 11.3. The van der Waals surface area contributed by atoms with Crippen LogP contribution in [0.2, 0.25) is 0 Å². The number of aromatic amines is 1. The van der Waals surface area contributed by atoms with Crippen molar-refractivity contribution in [2.75, 3.05) is 0 Å². The second kappa shape index (κ2) is 4.77. The minimum Gasteiger partial charge on any atom is -0.306 e. The summed E-state index contributed by atoms with van der Waals surface area (Å²) in [5.41, 5.74) is 3.08. The van der Waals surface area contributed by atoms with Gasteiger partial charge in [0.2, 0.25) is 0 Å². The van der Waals surface area contributed by atoms with Crippen LogP contribution in [0.4, 0.5) is 0 Å². The molecule has 0 bridgehead atoms. The topological polar surface area (TPSA) is 63.6 Å². The number of aromatic nitrogens is 4. The molecule has 0 unspecified atom stereocenters. The summed E-state index contributed by atoms with van der Waals surface area (Å²) >= 11 is 0. The molecule has 1 aromatic carbocycles. The Hall–Kier alpha value is -2.69. The van der Waals surface area contributed by atoms with E-state index in [0.717, 1.165) is 16.8 Å². The van der Waals surface area contributed by atoms with E-state index in [0.29, 0.717) is 11.5 Å². The molecule has 0 saturated carbocycles. The molecule has 1 N–H and O–H groups in total. The largest absolute Gasteiger partial charge is 0.306 e. The van der Waals surface area contributed by atoms with Gasteiger partial charge in [0.25, 0.3) is 5.56 Å². The number of nitrogens with zero attached hydrogens (tertiary/aromatic N) is 3. The van der Waals surface area contributed by atoms with Crippen LogP contribution in [-0.2, 0) is 7.05 Å². The van der Waals surface area contributed by atoms with Gasteiger partial charge in [-0.15, -0.1) is 0 Å². The SMILES string of the molecule is Cc1nn(C)cc1-c1nc(-c2ccccc2)cc(=O)[nH]1. The molecule has 0 amide bonds. The van der Waals surface area contributed by atoms with E-state index in [1.807, 2.05) is 50.5 Å². The van der Waals surface area contributed by atoms with Crippen LogP contribution in [0.3, 0.4) is 0 Å². The summed E-state index contributed by atoms with van der Waals surface area (Å²) in [6.45, 7) is 1.89. The number of H-pyrrole nitrogens is 1. The van der Waals surface area contributed by atoms with Gasteiger partial charge in [0.05, 0.1) is 17.0 Å². The Bertz CT molecular complexity index is 802. The number of rotatable bonds is 2. The van der Waals surface area contributed by atoms with Crippen molar-refractivity contribution in [2.45, 2.75) is 6.92 Å². The van der Waals surface area contributed by atoms with Gasteiger partial charge in [0, 0.05) is 24.9 Å². The van der Waals surface area contributed by atoms with Crippen molar-refractivity contribution >= 4 is 0 Å². The van der Waals surface area contributed by atoms with Gasteiger partial charge < -0.3 is 4.98 Å². The van der Waals surface area contributed by atoms with Gasteiger partial charge in [-0.05, 0) is 6.92 Å². The number of aryl methyl sites for hydroxylation is 2. The highest BCUT2D eigenvalue weighted by Crippen LogP contribution is 2.21. The van der Waals surface area contributed by atoms with Crippen LogP contribution < -0.4 is 5.56 Å². The molecule has 100 valence electrons. The summed E-state index contributed by atoms with van der Waals surface area (Å²) in [4.78, 5) is 19.2. The molecular weight excluding hydrogens is 252 g/mol. The van der Waals surface area contributed by atoms with E-state index in [4.69, 9.17) is 0 Å². The molecule has 3 aromatic rings. The standard InChI is InChI=1S/C15H14N4O/c1-10-12(9-19(2)18-10)15-16-13(8-14(20)17-15)11-6-4-3-5-7-11/h3-9H,1-2H3,(H,16,17,20). The van der Waals surface area contributed by atoms with Crippen LogP contribution in [0.15, 0.2) is 47.4 Å². The maximum atomic E-state index is 11.9. The summed E-state index contributed by atoms with van der Waals surface area (Å²) in [6.07, 6.45) is 1.85. The normalized spacial score (nSPS) is 10.7. The average Bonchev–Trinajstić information content (AvgIpc) is 2.78. The molecule has 0 radical (unpaired) electrons. The highest BCUT2D eigenvalue weighted by atomic mass is 16.1. The Morgan fingerprint density at radius 3 is 2.60 bits per heavy atom. The summed E-state index contributed by atoms with van der Waals surface area (Å²) in [5, 5.41) is 4.27. The average molecular weight is 266 g/mol. The molecule has 5 heteroatoms. The second-order valence-corrected chi connectivity index (χ2v) is 4.65. The lowest BCUT2D eigenvalue weighted by atomic mass is 10.1. The van der Waals surface area contributed by atoms with Crippen molar-refractivity contribution in [1.82, 2.24) is 19.7 Å². The first-order chi connectivity index (χ1) is 9.63. The first-order valence-electron chi connectivity index (χ1n) is 6.31.